The molecular weight excluding hydrogens is 426 g/mol. The Morgan fingerprint density at radius 3 is 2.41 bits per heavy atom. The lowest BCUT2D eigenvalue weighted by Gasteiger charge is -2.39. The van der Waals surface area contributed by atoms with Crippen LogP contribution in [-0.4, -0.2) is 76.9 Å². The van der Waals surface area contributed by atoms with Crippen molar-refractivity contribution in [3.63, 3.8) is 0 Å². The maximum Gasteiger partial charge on any atom is 0.321 e. The molecule has 172 valence electrons. The van der Waals surface area contributed by atoms with E-state index >= 15 is 0 Å². The van der Waals surface area contributed by atoms with Gasteiger partial charge < -0.3 is 20.4 Å². The lowest BCUT2D eigenvalue weighted by atomic mass is 9.78. The van der Waals surface area contributed by atoms with E-state index in [1.165, 1.54) is 10.5 Å². The van der Waals surface area contributed by atoms with Gasteiger partial charge in [0.05, 0.1) is 6.42 Å². The number of aryl methyl sites for hydroxylation is 2. The molecule has 1 spiro atoms. The van der Waals surface area contributed by atoms with Gasteiger partial charge in [0.15, 0.2) is 5.11 Å². The average molecular weight is 458 g/mol. The van der Waals surface area contributed by atoms with Crippen molar-refractivity contribution in [1.29, 1.82) is 0 Å². The Balaban J connectivity index is 1.28. The Kier molecular flexibility index (Phi) is 6.11. The summed E-state index contributed by atoms with van der Waals surface area (Å²) in [6, 6.07) is 5.38. The van der Waals surface area contributed by atoms with Gasteiger partial charge in [0.25, 0.3) is 5.91 Å². The number of urea groups is 1. The molecule has 4 amide bonds. The number of likely N-dealkylation sites (tertiary alicyclic amines) is 2. The first-order valence-corrected chi connectivity index (χ1v) is 11.6. The normalized spacial score (nSPS) is 22.5. The molecule has 2 N–H and O–H groups in total. The summed E-state index contributed by atoms with van der Waals surface area (Å²) in [4.78, 5) is 42.9. The Morgan fingerprint density at radius 1 is 1.16 bits per heavy atom. The number of nitrogens with one attached hydrogen (secondary N) is 2. The van der Waals surface area contributed by atoms with Crippen LogP contribution in [0.4, 0.5) is 10.5 Å². The molecule has 0 radical (unpaired) electrons. The lowest BCUT2D eigenvalue weighted by Crippen LogP contribution is -2.46. The molecule has 32 heavy (non-hydrogen) atoms. The predicted octanol–water partition coefficient (Wildman–Crippen LogP) is 2.26. The molecule has 4 rings (SSSR count). The van der Waals surface area contributed by atoms with Gasteiger partial charge in [-0.25, -0.2) is 4.79 Å². The molecule has 3 aliphatic heterocycles. The summed E-state index contributed by atoms with van der Waals surface area (Å²) in [5, 5.41) is 6.34. The molecule has 3 aliphatic rings. The fraction of sp³-hybridized carbons (Fsp3) is 0.565. The molecule has 3 heterocycles. The van der Waals surface area contributed by atoms with Crippen molar-refractivity contribution < 1.29 is 14.4 Å². The van der Waals surface area contributed by atoms with Crippen LogP contribution in [0.2, 0.25) is 0 Å². The summed E-state index contributed by atoms with van der Waals surface area (Å²) >= 11 is 5.10. The second-order valence-corrected chi connectivity index (χ2v) is 9.79. The van der Waals surface area contributed by atoms with Crippen molar-refractivity contribution >= 4 is 40.9 Å². The standard InChI is InChI=1S/C23H31N5O3S/c1-15-4-5-17(16(2)12-15)24-21(31)27-9-6-23(7-10-27)8-11-28(14-23)19(29)13-18-20(30)26(3)22(32)25-18/h4-5,12,18H,6-11,13-14H2,1-3H3,(H,24,31)(H,25,32). The van der Waals surface area contributed by atoms with E-state index in [4.69, 9.17) is 12.2 Å². The lowest BCUT2D eigenvalue weighted by molar-refractivity contribution is -0.135. The molecule has 0 aliphatic carbocycles. The molecule has 8 nitrogen and oxygen atoms in total. The summed E-state index contributed by atoms with van der Waals surface area (Å²) in [7, 11) is 1.62. The van der Waals surface area contributed by atoms with Crippen molar-refractivity contribution in [2.75, 3.05) is 38.5 Å². The molecule has 3 fully saturated rings. The second-order valence-electron chi connectivity index (χ2n) is 9.40. The van der Waals surface area contributed by atoms with E-state index in [1.54, 1.807) is 7.05 Å². The zero-order valence-electron chi connectivity index (χ0n) is 18.9. The summed E-state index contributed by atoms with van der Waals surface area (Å²) < 4.78 is 0. The van der Waals surface area contributed by atoms with Gasteiger partial charge in [-0.2, -0.15) is 0 Å². The monoisotopic (exact) mass is 457 g/mol. The minimum absolute atomic E-state index is 0.0131. The molecule has 1 aromatic carbocycles. The van der Waals surface area contributed by atoms with Gasteiger partial charge in [0, 0.05) is 38.9 Å². The van der Waals surface area contributed by atoms with Gasteiger partial charge in [-0.1, -0.05) is 17.7 Å². The van der Waals surface area contributed by atoms with E-state index < -0.39 is 6.04 Å². The molecule has 1 atom stereocenters. The summed E-state index contributed by atoms with van der Waals surface area (Å²) in [5.74, 6) is -0.166. The first kappa shape index (κ1) is 22.5. The van der Waals surface area contributed by atoms with Gasteiger partial charge in [0.2, 0.25) is 5.91 Å². The molecule has 9 heteroatoms. The summed E-state index contributed by atoms with van der Waals surface area (Å²) in [6.45, 7) is 6.79. The summed E-state index contributed by atoms with van der Waals surface area (Å²) in [5.41, 5.74) is 3.13. The number of thiocarbonyl (C=S) groups is 1. The van der Waals surface area contributed by atoms with Crippen LogP contribution >= 0.6 is 12.2 Å². The SMILES string of the molecule is Cc1ccc(NC(=O)N2CCC3(CCN(C(=O)CC4NC(=S)N(C)C4=O)C3)CC2)c(C)c1. The van der Waals surface area contributed by atoms with E-state index in [0.717, 1.165) is 30.5 Å². The van der Waals surface area contributed by atoms with Crippen LogP contribution in [-0.2, 0) is 9.59 Å². The number of amides is 4. The second kappa shape index (κ2) is 8.69. The van der Waals surface area contributed by atoms with Crippen LogP contribution < -0.4 is 10.6 Å². The number of hydrogen-bond donors (Lipinski definition) is 2. The first-order chi connectivity index (χ1) is 15.2. The Hall–Kier alpha value is -2.68. The molecule has 1 aromatic rings. The minimum atomic E-state index is -0.563. The molecule has 0 saturated carbocycles. The van der Waals surface area contributed by atoms with Gasteiger partial charge >= 0.3 is 6.03 Å². The van der Waals surface area contributed by atoms with Crippen LogP contribution in [0.25, 0.3) is 0 Å². The van der Waals surface area contributed by atoms with Crippen LogP contribution in [0.3, 0.4) is 0 Å². The van der Waals surface area contributed by atoms with Crippen LogP contribution in [0.1, 0.15) is 36.8 Å². The highest BCUT2D eigenvalue weighted by Gasteiger charge is 2.44. The molecule has 3 saturated heterocycles. The Labute approximate surface area is 194 Å². The molecule has 0 bridgehead atoms. The van der Waals surface area contributed by atoms with E-state index in [0.29, 0.717) is 31.3 Å². The number of anilines is 1. The third kappa shape index (κ3) is 4.44. The topological polar surface area (TPSA) is 85.0 Å². The van der Waals surface area contributed by atoms with E-state index in [1.807, 2.05) is 35.8 Å². The molecular formula is C23H31N5O3S. The van der Waals surface area contributed by atoms with Crippen molar-refractivity contribution in [3.8, 4) is 0 Å². The zero-order valence-corrected chi connectivity index (χ0v) is 19.8. The minimum Gasteiger partial charge on any atom is -0.350 e. The molecule has 1 unspecified atom stereocenters. The Morgan fingerprint density at radius 2 is 1.81 bits per heavy atom. The van der Waals surface area contributed by atoms with Crippen molar-refractivity contribution in [1.82, 2.24) is 20.0 Å². The smallest absolute Gasteiger partial charge is 0.321 e. The molecule has 0 aromatic heterocycles. The van der Waals surface area contributed by atoms with Gasteiger partial charge in [-0.15, -0.1) is 0 Å². The van der Waals surface area contributed by atoms with Crippen LogP contribution in [0.15, 0.2) is 18.2 Å². The van der Waals surface area contributed by atoms with E-state index in [9.17, 15) is 14.4 Å². The highest BCUT2D eigenvalue weighted by atomic mass is 32.1. The predicted molar refractivity (Wildman–Crippen MR) is 126 cm³/mol. The highest BCUT2D eigenvalue weighted by molar-refractivity contribution is 7.80. The van der Waals surface area contributed by atoms with Gasteiger partial charge in [0.1, 0.15) is 6.04 Å². The fourth-order valence-corrected chi connectivity index (χ4v) is 5.20. The number of carbonyl (C=O) groups excluding carboxylic acids is 3. The zero-order chi connectivity index (χ0) is 23.0. The Bertz CT molecular complexity index is 957. The van der Waals surface area contributed by atoms with Crippen LogP contribution in [0.5, 0.6) is 0 Å². The van der Waals surface area contributed by atoms with E-state index in [2.05, 4.69) is 16.7 Å². The van der Waals surface area contributed by atoms with Gasteiger partial charge in [-0.3, -0.25) is 14.5 Å². The number of carbonyl (C=O) groups is 3. The number of nitrogens with zero attached hydrogens (tertiary/aromatic N) is 3. The van der Waals surface area contributed by atoms with Gasteiger partial charge in [-0.05, 0) is 62.4 Å². The van der Waals surface area contributed by atoms with Crippen molar-refractivity contribution in [2.45, 2.75) is 45.6 Å². The number of piperidine rings is 1. The number of rotatable bonds is 3. The maximum atomic E-state index is 12.8. The van der Waals surface area contributed by atoms with Crippen molar-refractivity contribution in [3.05, 3.63) is 29.3 Å². The number of hydrogen-bond acceptors (Lipinski definition) is 4. The summed E-state index contributed by atoms with van der Waals surface area (Å²) in [6.07, 6.45) is 2.83. The largest absolute Gasteiger partial charge is 0.350 e. The van der Waals surface area contributed by atoms with Crippen molar-refractivity contribution in [2.24, 2.45) is 5.41 Å². The highest BCUT2D eigenvalue weighted by Crippen LogP contribution is 2.40. The fourth-order valence-electron chi connectivity index (χ4n) is 4.97. The third-order valence-electron chi connectivity index (χ3n) is 7.14. The number of benzene rings is 1. The van der Waals surface area contributed by atoms with E-state index in [-0.39, 0.29) is 29.7 Å². The number of likely N-dealkylation sites (N-methyl/N-ethyl adjacent to an activating group) is 1. The first-order valence-electron chi connectivity index (χ1n) is 11.2. The van der Waals surface area contributed by atoms with Crippen LogP contribution in [0, 0.1) is 19.3 Å². The third-order valence-corrected chi connectivity index (χ3v) is 7.53. The quantitative estimate of drug-likeness (QED) is 0.680. The maximum absolute atomic E-state index is 12.8. The average Bonchev–Trinajstić information content (AvgIpc) is 3.27.